The molecular formula is C16H24N2O2. The molecule has 1 unspecified atom stereocenters. The van der Waals surface area contributed by atoms with Gasteiger partial charge in [0.2, 0.25) is 0 Å². The second-order valence-corrected chi connectivity index (χ2v) is 5.66. The maximum Gasteiger partial charge on any atom is 0.252 e. The Balaban J connectivity index is 2.08. The summed E-state index contributed by atoms with van der Waals surface area (Å²) < 4.78 is 5.62. The molecule has 1 aromatic carbocycles. The van der Waals surface area contributed by atoms with Crippen molar-refractivity contribution in [3.63, 3.8) is 0 Å². The minimum Gasteiger partial charge on any atom is -0.399 e. The SMILES string of the molecule is CC(C)N(Cc1cccc(N)c1)C(=O)C1CCCCO1. The van der Waals surface area contributed by atoms with Crippen LogP contribution in [-0.2, 0) is 16.1 Å². The zero-order valence-corrected chi connectivity index (χ0v) is 12.3. The molecule has 1 aliphatic rings. The van der Waals surface area contributed by atoms with Gasteiger partial charge in [0.1, 0.15) is 6.10 Å². The van der Waals surface area contributed by atoms with Crippen LogP contribution in [0.3, 0.4) is 0 Å². The predicted molar refractivity (Wildman–Crippen MR) is 80.1 cm³/mol. The van der Waals surface area contributed by atoms with Crippen molar-refractivity contribution in [2.24, 2.45) is 0 Å². The van der Waals surface area contributed by atoms with E-state index in [1.165, 1.54) is 0 Å². The van der Waals surface area contributed by atoms with E-state index in [1.54, 1.807) is 0 Å². The molecule has 1 saturated heterocycles. The molecule has 1 aliphatic heterocycles. The predicted octanol–water partition coefficient (Wildman–Crippen LogP) is 2.57. The topological polar surface area (TPSA) is 55.6 Å². The first kappa shape index (κ1) is 14.9. The molecule has 0 aliphatic carbocycles. The lowest BCUT2D eigenvalue weighted by Gasteiger charge is -2.32. The van der Waals surface area contributed by atoms with Crippen molar-refractivity contribution in [2.75, 3.05) is 12.3 Å². The number of hydrogen-bond acceptors (Lipinski definition) is 3. The Bertz CT molecular complexity index is 454. The molecule has 0 spiro atoms. The summed E-state index contributed by atoms with van der Waals surface area (Å²) >= 11 is 0. The average molecular weight is 276 g/mol. The number of benzene rings is 1. The molecular weight excluding hydrogens is 252 g/mol. The summed E-state index contributed by atoms with van der Waals surface area (Å²) in [5, 5.41) is 0. The largest absolute Gasteiger partial charge is 0.399 e. The first-order valence-electron chi connectivity index (χ1n) is 7.34. The van der Waals surface area contributed by atoms with E-state index in [1.807, 2.05) is 43.0 Å². The molecule has 1 amide bonds. The zero-order valence-electron chi connectivity index (χ0n) is 12.3. The van der Waals surface area contributed by atoms with Crippen molar-refractivity contribution < 1.29 is 9.53 Å². The number of carbonyl (C=O) groups excluding carboxylic acids is 1. The molecule has 0 radical (unpaired) electrons. The normalized spacial score (nSPS) is 19.1. The van der Waals surface area contributed by atoms with Gasteiger partial charge in [-0.3, -0.25) is 4.79 Å². The van der Waals surface area contributed by atoms with Crippen LogP contribution in [0.2, 0.25) is 0 Å². The molecule has 4 nitrogen and oxygen atoms in total. The third kappa shape index (κ3) is 3.73. The average Bonchev–Trinajstić information content (AvgIpc) is 2.45. The van der Waals surface area contributed by atoms with E-state index in [0.29, 0.717) is 13.2 Å². The molecule has 2 rings (SSSR count). The smallest absolute Gasteiger partial charge is 0.252 e. The van der Waals surface area contributed by atoms with Gasteiger partial charge in [0.25, 0.3) is 5.91 Å². The van der Waals surface area contributed by atoms with Crippen LogP contribution < -0.4 is 5.73 Å². The molecule has 4 heteroatoms. The van der Waals surface area contributed by atoms with Gasteiger partial charge in [0.05, 0.1) is 0 Å². The number of hydrogen-bond donors (Lipinski definition) is 1. The first-order chi connectivity index (χ1) is 9.58. The third-order valence-electron chi connectivity index (χ3n) is 3.67. The van der Waals surface area contributed by atoms with Crippen molar-refractivity contribution in [1.82, 2.24) is 4.90 Å². The van der Waals surface area contributed by atoms with E-state index in [4.69, 9.17) is 10.5 Å². The van der Waals surface area contributed by atoms with Gasteiger partial charge in [0.15, 0.2) is 0 Å². The van der Waals surface area contributed by atoms with Gasteiger partial charge in [-0.2, -0.15) is 0 Å². The molecule has 1 heterocycles. The van der Waals surface area contributed by atoms with E-state index >= 15 is 0 Å². The highest BCUT2D eigenvalue weighted by atomic mass is 16.5. The molecule has 1 fully saturated rings. The van der Waals surface area contributed by atoms with E-state index in [2.05, 4.69) is 0 Å². The lowest BCUT2D eigenvalue weighted by Crippen LogP contribution is -2.44. The molecule has 110 valence electrons. The van der Waals surface area contributed by atoms with E-state index < -0.39 is 0 Å². The highest BCUT2D eigenvalue weighted by molar-refractivity contribution is 5.81. The van der Waals surface area contributed by atoms with E-state index in [9.17, 15) is 4.79 Å². The Morgan fingerprint density at radius 3 is 2.85 bits per heavy atom. The number of amides is 1. The van der Waals surface area contributed by atoms with Crippen LogP contribution in [0, 0.1) is 0 Å². The molecule has 0 aromatic heterocycles. The maximum atomic E-state index is 12.6. The summed E-state index contributed by atoms with van der Waals surface area (Å²) in [7, 11) is 0. The van der Waals surface area contributed by atoms with Crippen LogP contribution in [0.4, 0.5) is 5.69 Å². The Hall–Kier alpha value is -1.55. The summed E-state index contributed by atoms with van der Waals surface area (Å²) in [5.74, 6) is 0.0992. The number of nitrogens with zero attached hydrogens (tertiary/aromatic N) is 1. The van der Waals surface area contributed by atoms with Crippen molar-refractivity contribution >= 4 is 11.6 Å². The van der Waals surface area contributed by atoms with Crippen LogP contribution in [0.1, 0.15) is 38.7 Å². The Kier molecular flexibility index (Phi) is 5.01. The molecule has 2 N–H and O–H groups in total. The van der Waals surface area contributed by atoms with Gasteiger partial charge < -0.3 is 15.4 Å². The number of nitrogen functional groups attached to an aromatic ring is 1. The standard InChI is InChI=1S/C16H24N2O2/c1-12(2)18(11-13-6-5-7-14(17)10-13)16(19)15-8-3-4-9-20-15/h5-7,10,12,15H,3-4,8-9,11,17H2,1-2H3. The van der Waals surface area contributed by atoms with Gasteiger partial charge in [0, 0.05) is 24.9 Å². The lowest BCUT2D eigenvalue weighted by molar-refractivity contribution is -0.149. The quantitative estimate of drug-likeness (QED) is 0.860. The Morgan fingerprint density at radius 1 is 1.45 bits per heavy atom. The Morgan fingerprint density at radius 2 is 2.25 bits per heavy atom. The van der Waals surface area contributed by atoms with Crippen LogP contribution in [0.15, 0.2) is 24.3 Å². The van der Waals surface area contributed by atoms with Crippen LogP contribution >= 0.6 is 0 Å². The number of carbonyl (C=O) groups is 1. The fourth-order valence-electron chi connectivity index (χ4n) is 2.52. The van der Waals surface area contributed by atoms with Gasteiger partial charge in [-0.25, -0.2) is 0 Å². The van der Waals surface area contributed by atoms with Gasteiger partial charge >= 0.3 is 0 Å². The fourth-order valence-corrected chi connectivity index (χ4v) is 2.52. The van der Waals surface area contributed by atoms with Crippen LogP contribution in [0.25, 0.3) is 0 Å². The van der Waals surface area contributed by atoms with Gasteiger partial charge in [-0.05, 0) is 50.8 Å². The van der Waals surface area contributed by atoms with Crippen LogP contribution in [-0.4, -0.2) is 29.6 Å². The zero-order chi connectivity index (χ0) is 14.5. The highest BCUT2D eigenvalue weighted by Gasteiger charge is 2.28. The molecule has 0 saturated carbocycles. The maximum absolute atomic E-state index is 12.6. The van der Waals surface area contributed by atoms with Crippen molar-refractivity contribution in [3.8, 4) is 0 Å². The second-order valence-electron chi connectivity index (χ2n) is 5.66. The molecule has 20 heavy (non-hydrogen) atoms. The summed E-state index contributed by atoms with van der Waals surface area (Å²) in [6.07, 6.45) is 2.69. The molecule has 0 bridgehead atoms. The van der Waals surface area contributed by atoms with Crippen molar-refractivity contribution in [2.45, 2.75) is 51.8 Å². The van der Waals surface area contributed by atoms with E-state index in [0.717, 1.165) is 30.5 Å². The first-order valence-corrected chi connectivity index (χ1v) is 7.34. The monoisotopic (exact) mass is 276 g/mol. The highest BCUT2D eigenvalue weighted by Crippen LogP contribution is 2.19. The van der Waals surface area contributed by atoms with Gasteiger partial charge in [-0.15, -0.1) is 0 Å². The number of anilines is 1. The lowest BCUT2D eigenvalue weighted by atomic mass is 10.1. The molecule has 1 atom stereocenters. The Labute approximate surface area is 120 Å². The van der Waals surface area contributed by atoms with Crippen molar-refractivity contribution in [1.29, 1.82) is 0 Å². The molecule has 1 aromatic rings. The number of rotatable bonds is 4. The summed E-state index contributed by atoms with van der Waals surface area (Å²) in [5.41, 5.74) is 7.59. The minimum absolute atomic E-state index is 0.0992. The van der Waals surface area contributed by atoms with E-state index in [-0.39, 0.29) is 18.1 Å². The fraction of sp³-hybridized carbons (Fsp3) is 0.562. The van der Waals surface area contributed by atoms with Crippen LogP contribution in [0.5, 0.6) is 0 Å². The third-order valence-corrected chi connectivity index (χ3v) is 3.67. The second kappa shape index (κ2) is 6.75. The summed E-state index contributed by atoms with van der Waals surface area (Å²) in [6, 6.07) is 7.85. The van der Waals surface area contributed by atoms with Gasteiger partial charge in [-0.1, -0.05) is 12.1 Å². The minimum atomic E-state index is -0.271. The summed E-state index contributed by atoms with van der Waals surface area (Å²) in [6.45, 7) is 5.35. The number of nitrogens with two attached hydrogens (primary N) is 1. The van der Waals surface area contributed by atoms with Crippen molar-refractivity contribution in [3.05, 3.63) is 29.8 Å². The number of ether oxygens (including phenoxy) is 1. The summed E-state index contributed by atoms with van der Waals surface area (Å²) in [4.78, 5) is 14.5.